The van der Waals surface area contributed by atoms with Gasteiger partial charge < -0.3 is 4.74 Å². The van der Waals surface area contributed by atoms with Crippen LogP contribution in [0.5, 0.6) is 0 Å². The van der Waals surface area contributed by atoms with Crippen LogP contribution < -0.4 is 11.3 Å². The Balaban J connectivity index is 2.02. The highest BCUT2D eigenvalue weighted by Crippen LogP contribution is 2.33. The summed E-state index contributed by atoms with van der Waals surface area (Å²) in [5, 5.41) is 0. The van der Waals surface area contributed by atoms with Gasteiger partial charge in [-0.05, 0) is 19.3 Å². The predicted molar refractivity (Wildman–Crippen MR) is 44.9 cm³/mol. The number of nitrogens with one attached hydrogen (secondary N) is 1. The van der Waals surface area contributed by atoms with E-state index >= 15 is 0 Å². The number of nitrogens with two attached hydrogens (primary N) is 1. The minimum Gasteiger partial charge on any atom is -0.380 e. The van der Waals surface area contributed by atoms with Crippen molar-refractivity contribution in [1.82, 2.24) is 5.43 Å². The molecule has 3 N–H and O–H groups in total. The molecule has 1 saturated carbocycles. The van der Waals surface area contributed by atoms with E-state index in [9.17, 15) is 0 Å². The lowest BCUT2D eigenvalue weighted by Crippen LogP contribution is -2.39. The second-order valence-electron chi connectivity index (χ2n) is 3.20. The number of rotatable bonds is 6. The lowest BCUT2D eigenvalue weighted by Gasteiger charge is -2.14. The Morgan fingerprint density at radius 1 is 1.64 bits per heavy atom. The highest BCUT2D eigenvalue weighted by Gasteiger charge is 2.24. The minimum absolute atomic E-state index is 0.363. The van der Waals surface area contributed by atoms with Crippen molar-refractivity contribution in [2.45, 2.75) is 32.2 Å². The van der Waals surface area contributed by atoms with E-state index in [-0.39, 0.29) is 0 Å². The van der Waals surface area contributed by atoms with Crippen LogP contribution in [0.2, 0.25) is 0 Å². The fraction of sp³-hybridized carbons (Fsp3) is 1.00. The van der Waals surface area contributed by atoms with Crippen molar-refractivity contribution in [3.05, 3.63) is 0 Å². The largest absolute Gasteiger partial charge is 0.380 e. The van der Waals surface area contributed by atoms with Crippen LogP contribution in [0.4, 0.5) is 0 Å². The first kappa shape index (κ1) is 8.97. The van der Waals surface area contributed by atoms with Crippen molar-refractivity contribution >= 4 is 0 Å². The zero-order chi connectivity index (χ0) is 8.10. The van der Waals surface area contributed by atoms with Crippen molar-refractivity contribution in [3.8, 4) is 0 Å². The number of hydrazine groups is 1. The maximum absolute atomic E-state index is 5.36. The van der Waals surface area contributed by atoms with Gasteiger partial charge in [0.05, 0.1) is 6.61 Å². The fourth-order valence-electron chi connectivity index (χ4n) is 1.20. The molecule has 0 heterocycles. The van der Waals surface area contributed by atoms with E-state index in [2.05, 4.69) is 5.43 Å². The second-order valence-corrected chi connectivity index (χ2v) is 3.20. The second kappa shape index (κ2) is 4.70. The molecule has 0 saturated heterocycles. The lowest BCUT2D eigenvalue weighted by molar-refractivity contribution is 0.118. The van der Waals surface area contributed by atoms with Gasteiger partial charge in [0.15, 0.2) is 0 Å². The lowest BCUT2D eigenvalue weighted by atomic mass is 10.1. The van der Waals surface area contributed by atoms with Crippen LogP contribution in [0.15, 0.2) is 0 Å². The minimum atomic E-state index is 0.363. The van der Waals surface area contributed by atoms with E-state index in [0.29, 0.717) is 6.04 Å². The summed E-state index contributed by atoms with van der Waals surface area (Å²) in [5.41, 5.74) is 2.78. The first-order chi connectivity index (χ1) is 5.36. The van der Waals surface area contributed by atoms with Gasteiger partial charge in [-0.1, -0.05) is 12.8 Å². The Bertz CT molecular complexity index is 104. The van der Waals surface area contributed by atoms with Crippen molar-refractivity contribution in [2.24, 2.45) is 11.8 Å². The van der Waals surface area contributed by atoms with E-state index in [4.69, 9.17) is 10.6 Å². The summed E-state index contributed by atoms with van der Waals surface area (Å²) in [5.74, 6) is 6.27. The zero-order valence-electron chi connectivity index (χ0n) is 7.18. The summed E-state index contributed by atoms with van der Waals surface area (Å²) >= 11 is 0. The topological polar surface area (TPSA) is 47.3 Å². The van der Waals surface area contributed by atoms with E-state index < -0.39 is 0 Å². The van der Waals surface area contributed by atoms with Crippen LogP contribution in [0.1, 0.15) is 26.2 Å². The van der Waals surface area contributed by atoms with Gasteiger partial charge in [-0.3, -0.25) is 11.3 Å². The van der Waals surface area contributed by atoms with E-state index in [1.165, 1.54) is 19.3 Å². The van der Waals surface area contributed by atoms with Crippen LogP contribution in [-0.2, 0) is 4.74 Å². The first-order valence-corrected chi connectivity index (χ1v) is 4.40. The molecule has 1 fully saturated rings. The molecule has 0 amide bonds. The highest BCUT2D eigenvalue weighted by molar-refractivity contribution is 4.78. The molecule has 1 unspecified atom stereocenters. The molecule has 11 heavy (non-hydrogen) atoms. The molecule has 1 atom stereocenters. The number of hydrogen-bond donors (Lipinski definition) is 2. The number of ether oxygens (including phenoxy) is 1. The van der Waals surface area contributed by atoms with Crippen LogP contribution in [0.25, 0.3) is 0 Å². The van der Waals surface area contributed by atoms with Crippen molar-refractivity contribution in [2.75, 3.05) is 13.2 Å². The molecule has 0 bridgehead atoms. The Morgan fingerprint density at radius 3 is 2.82 bits per heavy atom. The van der Waals surface area contributed by atoms with Gasteiger partial charge >= 0.3 is 0 Å². The summed E-state index contributed by atoms with van der Waals surface area (Å²) in [6, 6.07) is 0.363. The molecule has 0 radical (unpaired) electrons. The van der Waals surface area contributed by atoms with Crippen molar-refractivity contribution in [1.29, 1.82) is 0 Å². The predicted octanol–water partition coefficient (Wildman–Crippen LogP) is 0.655. The SMILES string of the molecule is CCOCC(CC1CC1)NN. The molecular weight excluding hydrogens is 140 g/mol. The van der Waals surface area contributed by atoms with Crippen molar-refractivity contribution in [3.63, 3.8) is 0 Å². The maximum Gasteiger partial charge on any atom is 0.0633 e. The third kappa shape index (κ3) is 3.70. The Hall–Kier alpha value is -0.120. The normalized spacial score (nSPS) is 20.2. The average Bonchev–Trinajstić information content (AvgIpc) is 2.81. The van der Waals surface area contributed by atoms with Gasteiger partial charge in [0, 0.05) is 12.6 Å². The summed E-state index contributed by atoms with van der Waals surface area (Å²) in [6.45, 7) is 3.54. The molecule has 3 nitrogen and oxygen atoms in total. The summed E-state index contributed by atoms with van der Waals surface area (Å²) in [6.07, 6.45) is 3.94. The molecule has 3 heteroatoms. The van der Waals surface area contributed by atoms with Gasteiger partial charge in [0.2, 0.25) is 0 Å². The molecule has 0 aromatic rings. The zero-order valence-corrected chi connectivity index (χ0v) is 7.18. The third-order valence-electron chi connectivity index (χ3n) is 2.07. The fourth-order valence-corrected chi connectivity index (χ4v) is 1.20. The summed E-state index contributed by atoms with van der Waals surface area (Å²) < 4.78 is 5.27. The number of hydrogen-bond acceptors (Lipinski definition) is 3. The van der Waals surface area contributed by atoms with Crippen molar-refractivity contribution < 1.29 is 4.74 Å². The summed E-state index contributed by atoms with van der Waals surface area (Å²) in [7, 11) is 0. The van der Waals surface area contributed by atoms with Gasteiger partial charge in [-0.25, -0.2) is 0 Å². The van der Waals surface area contributed by atoms with E-state index in [1.54, 1.807) is 0 Å². The average molecular weight is 158 g/mol. The Kier molecular flexibility index (Phi) is 3.83. The van der Waals surface area contributed by atoms with Gasteiger partial charge in [-0.15, -0.1) is 0 Å². The molecule has 1 rings (SSSR count). The van der Waals surface area contributed by atoms with Crippen LogP contribution in [0.3, 0.4) is 0 Å². The molecule has 0 aromatic heterocycles. The molecule has 1 aliphatic carbocycles. The summed E-state index contributed by atoms with van der Waals surface area (Å²) in [4.78, 5) is 0. The Morgan fingerprint density at radius 2 is 2.36 bits per heavy atom. The maximum atomic E-state index is 5.36. The standard InChI is InChI=1S/C8H18N2O/c1-2-11-6-8(10-9)5-7-3-4-7/h7-8,10H,2-6,9H2,1H3. The molecule has 66 valence electrons. The van der Waals surface area contributed by atoms with Crippen LogP contribution in [0, 0.1) is 5.92 Å². The molecular formula is C8H18N2O. The van der Waals surface area contributed by atoms with E-state index in [1.807, 2.05) is 6.92 Å². The van der Waals surface area contributed by atoms with Gasteiger partial charge in [0.1, 0.15) is 0 Å². The third-order valence-corrected chi connectivity index (χ3v) is 2.07. The van der Waals surface area contributed by atoms with Crippen LogP contribution in [-0.4, -0.2) is 19.3 Å². The van der Waals surface area contributed by atoms with E-state index in [0.717, 1.165) is 19.1 Å². The van der Waals surface area contributed by atoms with Crippen LogP contribution >= 0.6 is 0 Å². The Labute approximate surface area is 68.3 Å². The smallest absolute Gasteiger partial charge is 0.0633 e. The molecule has 0 spiro atoms. The van der Waals surface area contributed by atoms with Gasteiger partial charge in [-0.2, -0.15) is 0 Å². The monoisotopic (exact) mass is 158 g/mol. The quantitative estimate of drug-likeness (QED) is 0.441. The molecule has 1 aliphatic rings. The molecule has 0 aromatic carbocycles. The molecule has 0 aliphatic heterocycles. The first-order valence-electron chi connectivity index (χ1n) is 4.40. The highest BCUT2D eigenvalue weighted by atomic mass is 16.5. The van der Waals surface area contributed by atoms with Gasteiger partial charge in [0.25, 0.3) is 0 Å².